The third-order valence-corrected chi connectivity index (χ3v) is 3.00. The second-order valence-electron chi connectivity index (χ2n) is 4.44. The lowest BCUT2D eigenvalue weighted by molar-refractivity contribution is 0.0934. The van der Waals surface area contributed by atoms with Gasteiger partial charge >= 0.3 is 0 Å². The summed E-state index contributed by atoms with van der Waals surface area (Å²) in [6.07, 6.45) is 3.10. The number of amides is 1. The Morgan fingerprint density at radius 2 is 1.94 bits per heavy atom. The van der Waals surface area contributed by atoms with E-state index < -0.39 is 0 Å². The molecule has 0 heterocycles. The highest BCUT2D eigenvalue weighted by atomic mass is 16.1. The van der Waals surface area contributed by atoms with E-state index in [0.717, 1.165) is 37.1 Å². The van der Waals surface area contributed by atoms with Crippen molar-refractivity contribution in [2.24, 2.45) is 0 Å². The van der Waals surface area contributed by atoms with Gasteiger partial charge in [0.25, 0.3) is 5.91 Å². The van der Waals surface area contributed by atoms with Gasteiger partial charge in [-0.15, -0.1) is 0 Å². The Balaban J connectivity index is 2.76. The molecule has 0 aliphatic carbocycles. The van der Waals surface area contributed by atoms with Gasteiger partial charge in [-0.05, 0) is 31.9 Å². The van der Waals surface area contributed by atoms with Crippen LogP contribution in [0.1, 0.15) is 50.4 Å². The summed E-state index contributed by atoms with van der Waals surface area (Å²) >= 11 is 0. The fourth-order valence-corrected chi connectivity index (χ4v) is 2.02. The molecule has 0 radical (unpaired) electrons. The summed E-state index contributed by atoms with van der Waals surface area (Å²) in [5.41, 5.74) is 1.64. The van der Waals surface area contributed by atoms with Gasteiger partial charge in [0.1, 0.15) is 0 Å². The molecule has 0 fully saturated rings. The zero-order valence-corrected chi connectivity index (χ0v) is 11.6. The van der Waals surface area contributed by atoms with E-state index in [1.54, 1.807) is 0 Å². The van der Waals surface area contributed by atoms with Gasteiger partial charge < -0.3 is 10.6 Å². The van der Waals surface area contributed by atoms with E-state index >= 15 is 0 Å². The predicted octanol–water partition coefficient (Wildman–Crippen LogP) is 3.43. The average Bonchev–Trinajstić information content (AvgIpc) is 2.39. The zero-order chi connectivity index (χ0) is 13.4. The van der Waals surface area contributed by atoms with Crippen molar-refractivity contribution >= 4 is 11.6 Å². The molecule has 1 amide bonds. The second-order valence-corrected chi connectivity index (χ2v) is 4.44. The molecule has 18 heavy (non-hydrogen) atoms. The van der Waals surface area contributed by atoms with Crippen LogP contribution in [0.3, 0.4) is 0 Å². The smallest absolute Gasteiger partial charge is 0.253 e. The molecular formula is C15H24N2O. The molecule has 1 rings (SSSR count). The Bertz CT molecular complexity index is 377. The first-order valence-corrected chi connectivity index (χ1v) is 6.86. The van der Waals surface area contributed by atoms with Crippen LogP contribution < -0.4 is 10.6 Å². The molecule has 0 bridgehead atoms. The van der Waals surface area contributed by atoms with Crippen molar-refractivity contribution in [1.82, 2.24) is 5.32 Å². The fourth-order valence-electron chi connectivity index (χ4n) is 2.02. The van der Waals surface area contributed by atoms with E-state index in [4.69, 9.17) is 0 Å². The van der Waals surface area contributed by atoms with Crippen LogP contribution in [0.4, 0.5) is 5.69 Å². The lowest BCUT2D eigenvalue weighted by atomic mass is 10.1. The molecule has 0 saturated heterocycles. The van der Waals surface area contributed by atoms with Crippen molar-refractivity contribution in [1.29, 1.82) is 0 Å². The first kappa shape index (κ1) is 14.6. The van der Waals surface area contributed by atoms with Gasteiger partial charge in [0.2, 0.25) is 0 Å². The Morgan fingerprint density at radius 1 is 1.22 bits per heavy atom. The molecule has 0 aliphatic rings. The maximum atomic E-state index is 12.2. The Morgan fingerprint density at radius 3 is 2.56 bits per heavy atom. The van der Waals surface area contributed by atoms with E-state index in [-0.39, 0.29) is 11.9 Å². The van der Waals surface area contributed by atoms with Gasteiger partial charge in [0, 0.05) is 18.3 Å². The summed E-state index contributed by atoms with van der Waals surface area (Å²) in [5, 5.41) is 6.32. The maximum absolute atomic E-state index is 12.2. The highest BCUT2D eigenvalue weighted by molar-refractivity contribution is 5.99. The molecule has 1 aromatic rings. The van der Waals surface area contributed by atoms with Gasteiger partial charge in [0.15, 0.2) is 0 Å². The number of nitrogens with one attached hydrogen (secondary N) is 2. The van der Waals surface area contributed by atoms with E-state index in [1.165, 1.54) is 0 Å². The minimum absolute atomic E-state index is 0.0202. The van der Waals surface area contributed by atoms with Crippen molar-refractivity contribution in [3.8, 4) is 0 Å². The standard InChI is InChI=1S/C15H24N2O/c1-4-9-12(5-2)17-15(18)13-10-7-8-11-14(13)16-6-3/h7-8,10-12,16H,4-6,9H2,1-3H3,(H,17,18). The normalized spacial score (nSPS) is 11.9. The molecule has 3 heteroatoms. The lowest BCUT2D eigenvalue weighted by Crippen LogP contribution is -2.34. The monoisotopic (exact) mass is 248 g/mol. The number of anilines is 1. The fraction of sp³-hybridized carbons (Fsp3) is 0.533. The number of carbonyl (C=O) groups is 1. The number of hydrogen-bond acceptors (Lipinski definition) is 2. The minimum Gasteiger partial charge on any atom is -0.385 e. The van der Waals surface area contributed by atoms with Crippen LogP contribution in [-0.4, -0.2) is 18.5 Å². The molecule has 0 aliphatic heterocycles. The number of benzene rings is 1. The van der Waals surface area contributed by atoms with Crippen LogP contribution >= 0.6 is 0 Å². The Kier molecular flexibility index (Phi) is 6.26. The van der Waals surface area contributed by atoms with E-state index in [9.17, 15) is 4.79 Å². The van der Waals surface area contributed by atoms with Crippen molar-refractivity contribution in [2.75, 3.05) is 11.9 Å². The third-order valence-electron chi connectivity index (χ3n) is 3.00. The summed E-state index contributed by atoms with van der Waals surface area (Å²) in [5.74, 6) is 0.0202. The van der Waals surface area contributed by atoms with Gasteiger partial charge in [-0.25, -0.2) is 0 Å². The highest BCUT2D eigenvalue weighted by Gasteiger charge is 2.14. The summed E-state index contributed by atoms with van der Waals surface area (Å²) < 4.78 is 0. The van der Waals surface area contributed by atoms with Crippen LogP contribution in [0.25, 0.3) is 0 Å². The SMILES string of the molecule is CCCC(CC)NC(=O)c1ccccc1NCC. The van der Waals surface area contributed by atoms with E-state index in [1.807, 2.05) is 31.2 Å². The number of rotatable bonds is 7. The molecule has 1 aromatic carbocycles. The summed E-state index contributed by atoms with van der Waals surface area (Å²) in [6.45, 7) is 7.09. The van der Waals surface area contributed by atoms with Crippen molar-refractivity contribution in [3.05, 3.63) is 29.8 Å². The van der Waals surface area contributed by atoms with Crippen LogP contribution in [0.2, 0.25) is 0 Å². The van der Waals surface area contributed by atoms with Crippen molar-refractivity contribution < 1.29 is 4.79 Å². The number of hydrogen-bond donors (Lipinski definition) is 2. The Labute approximate surface area is 110 Å². The molecule has 2 N–H and O–H groups in total. The van der Waals surface area contributed by atoms with Crippen LogP contribution in [0.5, 0.6) is 0 Å². The first-order chi connectivity index (χ1) is 8.72. The largest absolute Gasteiger partial charge is 0.385 e. The molecule has 100 valence electrons. The highest BCUT2D eigenvalue weighted by Crippen LogP contribution is 2.15. The first-order valence-electron chi connectivity index (χ1n) is 6.86. The van der Waals surface area contributed by atoms with Gasteiger partial charge in [-0.2, -0.15) is 0 Å². The van der Waals surface area contributed by atoms with Crippen molar-refractivity contribution in [3.63, 3.8) is 0 Å². The van der Waals surface area contributed by atoms with Gasteiger partial charge in [-0.3, -0.25) is 4.79 Å². The molecule has 1 atom stereocenters. The maximum Gasteiger partial charge on any atom is 0.253 e. The Hall–Kier alpha value is -1.51. The van der Waals surface area contributed by atoms with Crippen LogP contribution in [-0.2, 0) is 0 Å². The molecule has 0 saturated carbocycles. The van der Waals surface area contributed by atoms with Gasteiger partial charge in [0.05, 0.1) is 5.56 Å². The zero-order valence-electron chi connectivity index (χ0n) is 11.6. The van der Waals surface area contributed by atoms with Crippen molar-refractivity contribution in [2.45, 2.75) is 46.1 Å². The average molecular weight is 248 g/mol. The molecule has 1 unspecified atom stereocenters. The molecule has 3 nitrogen and oxygen atoms in total. The summed E-state index contributed by atoms with van der Waals surface area (Å²) in [7, 11) is 0. The molecular weight excluding hydrogens is 224 g/mol. The van der Waals surface area contributed by atoms with Gasteiger partial charge in [-0.1, -0.05) is 32.4 Å². The van der Waals surface area contributed by atoms with Crippen LogP contribution in [0, 0.1) is 0 Å². The van der Waals surface area contributed by atoms with Crippen LogP contribution in [0.15, 0.2) is 24.3 Å². The quantitative estimate of drug-likeness (QED) is 0.776. The predicted molar refractivity (Wildman–Crippen MR) is 77.1 cm³/mol. The lowest BCUT2D eigenvalue weighted by Gasteiger charge is -2.17. The number of para-hydroxylation sites is 1. The summed E-state index contributed by atoms with van der Waals surface area (Å²) in [6, 6.07) is 7.93. The second kappa shape index (κ2) is 7.75. The summed E-state index contributed by atoms with van der Waals surface area (Å²) in [4.78, 5) is 12.2. The molecule has 0 spiro atoms. The number of carbonyl (C=O) groups excluding carboxylic acids is 1. The van der Waals surface area contributed by atoms with E-state index in [2.05, 4.69) is 24.5 Å². The topological polar surface area (TPSA) is 41.1 Å². The minimum atomic E-state index is 0.0202. The van der Waals surface area contributed by atoms with E-state index in [0.29, 0.717) is 0 Å². The third kappa shape index (κ3) is 4.06. The molecule has 0 aromatic heterocycles.